The van der Waals surface area contributed by atoms with Crippen molar-refractivity contribution in [3.63, 3.8) is 0 Å². The monoisotopic (exact) mass is 350 g/mol. The van der Waals surface area contributed by atoms with Crippen LogP contribution in [0.1, 0.15) is 27.3 Å². The van der Waals surface area contributed by atoms with E-state index in [0.29, 0.717) is 24.5 Å². The molecule has 0 fully saturated rings. The van der Waals surface area contributed by atoms with Gasteiger partial charge in [-0.1, -0.05) is 41.1 Å². The number of benzene rings is 2. The first-order valence-electron chi connectivity index (χ1n) is 8.52. The van der Waals surface area contributed by atoms with Crippen molar-refractivity contribution in [1.82, 2.24) is 20.3 Å². The second-order valence-electron chi connectivity index (χ2n) is 6.14. The Kier molecular flexibility index (Phi) is 5.31. The largest absolute Gasteiger partial charge is 0.491 e. The molecule has 0 saturated carbocycles. The highest BCUT2D eigenvalue weighted by Gasteiger charge is 2.16. The SMILES string of the molecule is Cc1ccc(-n2nnc(C(=O)NCCOc3ccccc3C)c2C)cc1. The van der Waals surface area contributed by atoms with E-state index in [-0.39, 0.29) is 5.91 Å². The number of rotatable bonds is 6. The van der Waals surface area contributed by atoms with Crippen LogP contribution in [0.4, 0.5) is 0 Å². The van der Waals surface area contributed by atoms with Gasteiger partial charge in [0, 0.05) is 0 Å². The average Bonchev–Trinajstić information content (AvgIpc) is 3.02. The van der Waals surface area contributed by atoms with E-state index in [4.69, 9.17) is 4.74 Å². The molecule has 0 bridgehead atoms. The average molecular weight is 350 g/mol. The minimum Gasteiger partial charge on any atom is -0.491 e. The molecule has 0 aliphatic carbocycles. The summed E-state index contributed by atoms with van der Waals surface area (Å²) < 4.78 is 7.35. The van der Waals surface area contributed by atoms with Crippen LogP contribution >= 0.6 is 0 Å². The lowest BCUT2D eigenvalue weighted by molar-refractivity contribution is 0.0941. The third kappa shape index (κ3) is 3.91. The molecule has 0 atom stereocenters. The molecular formula is C20H22N4O2. The minimum absolute atomic E-state index is 0.255. The van der Waals surface area contributed by atoms with Gasteiger partial charge in [0.15, 0.2) is 5.69 Å². The fraction of sp³-hybridized carbons (Fsp3) is 0.250. The van der Waals surface area contributed by atoms with Crippen LogP contribution in [0.3, 0.4) is 0 Å². The van der Waals surface area contributed by atoms with Gasteiger partial charge in [0.1, 0.15) is 12.4 Å². The van der Waals surface area contributed by atoms with E-state index in [1.165, 1.54) is 0 Å². The van der Waals surface area contributed by atoms with Crippen LogP contribution in [0, 0.1) is 20.8 Å². The van der Waals surface area contributed by atoms with Crippen LogP contribution in [-0.2, 0) is 0 Å². The maximum absolute atomic E-state index is 12.4. The molecule has 1 heterocycles. The maximum atomic E-state index is 12.4. The predicted molar refractivity (Wildman–Crippen MR) is 99.8 cm³/mol. The van der Waals surface area contributed by atoms with Crippen molar-refractivity contribution in [3.05, 3.63) is 71.0 Å². The summed E-state index contributed by atoms with van der Waals surface area (Å²) in [4.78, 5) is 12.4. The zero-order valence-corrected chi connectivity index (χ0v) is 15.2. The van der Waals surface area contributed by atoms with E-state index >= 15 is 0 Å². The first-order valence-corrected chi connectivity index (χ1v) is 8.52. The van der Waals surface area contributed by atoms with Crippen LogP contribution < -0.4 is 10.1 Å². The van der Waals surface area contributed by atoms with Gasteiger partial charge in [0.2, 0.25) is 0 Å². The van der Waals surface area contributed by atoms with E-state index in [1.54, 1.807) is 4.68 Å². The molecule has 2 aromatic carbocycles. The van der Waals surface area contributed by atoms with Gasteiger partial charge in [-0.3, -0.25) is 4.79 Å². The van der Waals surface area contributed by atoms with Gasteiger partial charge < -0.3 is 10.1 Å². The van der Waals surface area contributed by atoms with E-state index in [9.17, 15) is 4.79 Å². The van der Waals surface area contributed by atoms with Crippen LogP contribution in [-0.4, -0.2) is 34.1 Å². The number of hydrogen-bond acceptors (Lipinski definition) is 4. The van der Waals surface area contributed by atoms with Gasteiger partial charge in [-0.05, 0) is 44.5 Å². The van der Waals surface area contributed by atoms with Crippen molar-refractivity contribution in [2.75, 3.05) is 13.2 Å². The molecule has 134 valence electrons. The van der Waals surface area contributed by atoms with Crippen molar-refractivity contribution in [2.45, 2.75) is 20.8 Å². The van der Waals surface area contributed by atoms with E-state index in [2.05, 4.69) is 15.6 Å². The van der Waals surface area contributed by atoms with Gasteiger partial charge >= 0.3 is 0 Å². The molecule has 3 aromatic rings. The highest BCUT2D eigenvalue weighted by molar-refractivity contribution is 5.93. The number of hydrogen-bond donors (Lipinski definition) is 1. The molecule has 1 amide bonds. The summed E-state index contributed by atoms with van der Waals surface area (Å²) >= 11 is 0. The summed E-state index contributed by atoms with van der Waals surface area (Å²) in [5.74, 6) is 0.567. The molecular weight excluding hydrogens is 328 g/mol. The van der Waals surface area contributed by atoms with Gasteiger partial charge in [-0.15, -0.1) is 5.10 Å². The lowest BCUT2D eigenvalue weighted by Gasteiger charge is -2.09. The minimum atomic E-state index is -0.255. The number of aromatic nitrogens is 3. The first-order chi connectivity index (χ1) is 12.6. The van der Waals surface area contributed by atoms with E-state index in [1.807, 2.05) is 69.3 Å². The molecule has 1 N–H and O–H groups in total. The second-order valence-corrected chi connectivity index (χ2v) is 6.14. The van der Waals surface area contributed by atoms with Crippen molar-refractivity contribution in [1.29, 1.82) is 0 Å². The Morgan fingerprint density at radius 1 is 1.08 bits per heavy atom. The number of amides is 1. The number of ether oxygens (including phenoxy) is 1. The highest BCUT2D eigenvalue weighted by Crippen LogP contribution is 2.16. The number of nitrogens with one attached hydrogen (secondary N) is 1. The quantitative estimate of drug-likeness (QED) is 0.694. The number of nitrogens with zero attached hydrogens (tertiary/aromatic N) is 3. The molecule has 0 unspecified atom stereocenters. The lowest BCUT2D eigenvalue weighted by atomic mass is 10.2. The summed E-state index contributed by atoms with van der Waals surface area (Å²) in [7, 11) is 0. The summed E-state index contributed by atoms with van der Waals surface area (Å²) in [5.41, 5.74) is 4.13. The molecule has 1 aromatic heterocycles. The van der Waals surface area contributed by atoms with E-state index < -0.39 is 0 Å². The first kappa shape index (κ1) is 17.7. The standard InChI is InChI=1S/C20H22N4O2/c1-14-8-10-17(11-9-14)24-16(3)19(22-23-24)20(25)21-12-13-26-18-7-5-4-6-15(18)2/h4-11H,12-13H2,1-3H3,(H,21,25). The van der Waals surface area contributed by atoms with Gasteiger partial charge in [0.25, 0.3) is 5.91 Å². The molecule has 0 spiro atoms. The summed E-state index contributed by atoms with van der Waals surface area (Å²) in [5, 5.41) is 10.9. The summed E-state index contributed by atoms with van der Waals surface area (Å²) in [6.45, 7) is 6.63. The normalized spacial score (nSPS) is 10.6. The highest BCUT2D eigenvalue weighted by atomic mass is 16.5. The Morgan fingerprint density at radius 3 is 2.54 bits per heavy atom. The fourth-order valence-electron chi connectivity index (χ4n) is 2.60. The smallest absolute Gasteiger partial charge is 0.273 e. The molecule has 0 aliphatic heterocycles. The summed E-state index contributed by atoms with van der Waals surface area (Å²) in [6, 6.07) is 15.7. The molecule has 26 heavy (non-hydrogen) atoms. The molecule has 6 heteroatoms. The maximum Gasteiger partial charge on any atom is 0.273 e. The van der Waals surface area contributed by atoms with Gasteiger partial charge in [-0.2, -0.15) is 0 Å². The Bertz CT molecular complexity index is 900. The Morgan fingerprint density at radius 2 is 1.81 bits per heavy atom. The Labute approximate surface area is 152 Å². The van der Waals surface area contributed by atoms with E-state index in [0.717, 1.165) is 22.6 Å². The topological polar surface area (TPSA) is 69.0 Å². The number of para-hydroxylation sites is 1. The molecule has 6 nitrogen and oxygen atoms in total. The van der Waals surface area contributed by atoms with Crippen LogP contribution in [0.25, 0.3) is 5.69 Å². The van der Waals surface area contributed by atoms with Crippen molar-refractivity contribution >= 4 is 5.91 Å². The third-order valence-corrected chi connectivity index (χ3v) is 4.13. The van der Waals surface area contributed by atoms with Crippen molar-refractivity contribution < 1.29 is 9.53 Å². The van der Waals surface area contributed by atoms with Crippen LogP contribution in [0.15, 0.2) is 48.5 Å². The summed E-state index contributed by atoms with van der Waals surface area (Å²) in [6.07, 6.45) is 0. The van der Waals surface area contributed by atoms with Crippen molar-refractivity contribution in [3.8, 4) is 11.4 Å². The zero-order valence-electron chi connectivity index (χ0n) is 15.2. The molecule has 0 aliphatic rings. The molecule has 3 rings (SSSR count). The van der Waals surface area contributed by atoms with Crippen LogP contribution in [0.2, 0.25) is 0 Å². The Hall–Kier alpha value is -3.15. The fourth-order valence-corrected chi connectivity index (χ4v) is 2.60. The van der Waals surface area contributed by atoms with Gasteiger partial charge in [-0.25, -0.2) is 4.68 Å². The number of aryl methyl sites for hydroxylation is 2. The van der Waals surface area contributed by atoms with Crippen LogP contribution in [0.5, 0.6) is 5.75 Å². The third-order valence-electron chi connectivity index (χ3n) is 4.13. The molecule has 0 saturated heterocycles. The predicted octanol–water partition coefficient (Wildman–Crippen LogP) is 3.00. The number of carbonyl (C=O) groups excluding carboxylic acids is 1. The van der Waals surface area contributed by atoms with Gasteiger partial charge in [0.05, 0.1) is 17.9 Å². The zero-order chi connectivity index (χ0) is 18.5. The Balaban J connectivity index is 1.58. The van der Waals surface area contributed by atoms with Crippen molar-refractivity contribution in [2.24, 2.45) is 0 Å². The number of carbonyl (C=O) groups is 1. The lowest BCUT2D eigenvalue weighted by Crippen LogP contribution is -2.29. The second kappa shape index (κ2) is 7.82. The molecule has 0 radical (unpaired) electrons.